The molecule has 6 heteroatoms. The van der Waals surface area contributed by atoms with E-state index in [0.717, 1.165) is 0 Å². The number of cyclic esters (lactones) is 1. The molecule has 1 N–H and O–H groups in total. The highest BCUT2D eigenvalue weighted by atomic mass is 35.5. The number of carbonyl (C=O) groups is 1. The van der Waals surface area contributed by atoms with E-state index in [0.29, 0.717) is 23.6 Å². The molecule has 88 valence electrons. The van der Waals surface area contributed by atoms with E-state index in [1.54, 1.807) is 0 Å². The molecule has 16 heavy (non-hydrogen) atoms. The van der Waals surface area contributed by atoms with Gasteiger partial charge in [0.1, 0.15) is 5.82 Å². The lowest BCUT2D eigenvalue weighted by atomic mass is 10.0. The van der Waals surface area contributed by atoms with Crippen molar-refractivity contribution in [3.8, 4) is 0 Å². The summed E-state index contributed by atoms with van der Waals surface area (Å²) in [5.74, 6) is -0.366. The highest BCUT2D eigenvalue weighted by Crippen LogP contribution is 2.27. The van der Waals surface area contributed by atoms with Crippen molar-refractivity contribution in [3.63, 3.8) is 0 Å². The molecule has 1 aliphatic rings. The SMILES string of the molecule is Cl.O=C1N[C@@H](c2cc(F)ccc2Cl)CCO1. The summed E-state index contributed by atoms with van der Waals surface area (Å²) in [4.78, 5) is 11.0. The van der Waals surface area contributed by atoms with Crippen LogP contribution >= 0.6 is 24.0 Å². The number of ether oxygens (including phenoxy) is 1. The highest BCUT2D eigenvalue weighted by Gasteiger charge is 2.22. The van der Waals surface area contributed by atoms with Gasteiger partial charge in [-0.15, -0.1) is 12.4 Å². The number of hydrogen-bond donors (Lipinski definition) is 1. The fraction of sp³-hybridized carbons (Fsp3) is 0.300. The number of amides is 1. The van der Waals surface area contributed by atoms with Crippen LogP contribution in [0.2, 0.25) is 5.02 Å². The zero-order valence-corrected chi connectivity index (χ0v) is 9.78. The van der Waals surface area contributed by atoms with Crippen LogP contribution in [-0.4, -0.2) is 12.7 Å². The molecule has 1 atom stereocenters. The van der Waals surface area contributed by atoms with E-state index in [1.165, 1.54) is 18.2 Å². The maximum atomic E-state index is 13.0. The molecular formula is C10H10Cl2FNO2. The normalized spacial score (nSPS) is 19.4. The van der Waals surface area contributed by atoms with Crippen molar-refractivity contribution in [2.45, 2.75) is 12.5 Å². The first-order valence-electron chi connectivity index (χ1n) is 4.55. The van der Waals surface area contributed by atoms with Crippen LogP contribution in [0.3, 0.4) is 0 Å². The van der Waals surface area contributed by atoms with Crippen molar-refractivity contribution >= 4 is 30.1 Å². The molecule has 1 aliphatic heterocycles. The Morgan fingerprint density at radius 3 is 2.94 bits per heavy atom. The summed E-state index contributed by atoms with van der Waals surface area (Å²) in [6, 6.07) is 3.83. The van der Waals surface area contributed by atoms with Crippen LogP contribution in [0, 0.1) is 5.82 Å². The molecule has 0 spiro atoms. The first-order chi connectivity index (χ1) is 7.16. The second kappa shape index (κ2) is 5.37. The molecule has 1 fully saturated rings. The lowest BCUT2D eigenvalue weighted by Crippen LogP contribution is -2.35. The van der Waals surface area contributed by atoms with Gasteiger partial charge in [0.15, 0.2) is 0 Å². The van der Waals surface area contributed by atoms with Crippen LogP contribution in [0.1, 0.15) is 18.0 Å². The van der Waals surface area contributed by atoms with Gasteiger partial charge in [-0.1, -0.05) is 11.6 Å². The van der Waals surface area contributed by atoms with Crippen molar-refractivity contribution < 1.29 is 13.9 Å². The highest BCUT2D eigenvalue weighted by molar-refractivity contribution is 6.31. The lowest BCUT2D eigenvalue weighted by molar-refractivity contribution is 0.115. The molecule has 1 aromatic rings. The summed E-state index contributed by atoms with van der Waals surface area (Å²) in [6.45, 7) is 0.323. The molecule has 1 aromatic carbocycles. The number of nitrogens with one attached hydrogen (secondary N) is 1. The van der Waals surface area contributed by atoms with E-state index >= 15 is 0 Å². The van der Waals surface area contributed by atoms with Crippen LogP contribution in [0.5, 0.6) is 0 Å². The van der Waals surface area contributed by atoms with Crippen molar-refractivity contribution in [3.05, 3.63) is 34.6 Å². The van der Waals surface area contributed by atoms with E-state index < -0.39 is 6.09 Å². The molecule has 1 amide bonds. The van der Waals surface area contributed by atoms with Gasteiger partial charge in [0.2, 0.25) is 0 Å². The first kappa shape index (κ1) is 13.1. The van der Waals surface area contributed by atoms with Crippen LogP contribution in [0.4, 0.5) is 9.18 Å². The second-order valence-electron chi connectivity index (χ2n) is 3.29. The van der Waals surface area contributed by atoms with Gasteiger partial charge in [0, 0.05) is 11.4 Å². The first-order valence-corrected chi connectivity index (χ1v) is 4.93. The van der Waals surface area contributed by atoms with Crippen molar-refractivity contribution in [2.75, 3.05) is 6.61 Å². The van der Waals surface area contributed by atoms with Crippen molar-refractivity contribution in [1.29, 1.82) is 0 Å². The van der Waals surface area contributed by atoms with Crippen LogP contribution in [-0.2, 0) is 4.74 Å². The average molecular weight is 266 g/mol. The fourth-order valence-corrected chi connectivity index (χ4v) is 1.79. The summed E-state index contributed by atoms with van der Waals surface area (Å²) in [5.41, 5.74) is 0.591. The number of rotatable bonds is 1. The Morgan fingerprint density at radius 1 is 1.50 bits per heavy atom. The Kier molecular flexibility index (Phi) is 4.38. The predicted octanol–water partition coefficient (Wildman–Crippen LogP) is 3.07. The molecule has 2 rings (SSSR count). The minimum absolute atomic E-state index is 0. The van der Waals surface area contributed by atoms with Gasteiger partial charge in [0.25, 0.3) is 0 Å². The molecule has 0 radical (unpaired) electrons. The number of halogens is 3. The quantitative estimate of drug-likeness (QED) is 0.848. The molecule has 0 aromatic heterocycles. The molecule has 0 bridgehead atoms. The third kappa shape index (κ3) is 2.77. The second-order valence-corrected chi connectivity index (χ2v) is 3.69. The number of hydrogen-bond acceptors (Lipinski definition) is 2. The molecular weight excluding hydrogens is 256 g/mol. The molecule has 3 nitrogen and oxygen atoms in total. The van der Waals surface area contributed by atoms with Gasteiger partial charge in [-0.2, -0.15) is 0 Å². The third-order valence-electron chi connectivity index (χ3n) is 2.27. The minimum atomic E-state index is -0.494. The van der Waals surface area contributed by atoms with Crippen molar-refractivity contribution in [1.82, 2.24) is 5.32 Å². The van der Waals surface area contributed by atoms with Gasteiger partial charge in [-0.25, -0.2) is 9.18 Å². The van der Waals surface area contributed by atoms with Crippen molar-refractivity contribution in [2.24, 2.45) is 0 Å². The zero-order chi connectivity index (χ0) is 10.8. The standard InChI is InChI=1S/C10H9ClFNO2.ClH/c11-8-2-1-6(12)5-7(8)9-3-4-15-10(14)13-9;/h1-2,5,9H,3-4H2,(H,13,14);1H/t9-;/m1./s1. The fourth-order valence-electron chi connectivity index (χ4n) is 1.54. The summed E-state index contributed by atoms with van der Waals surface area (Å²) < 4.78 is 17.7. The largest absolute Gasteiger partial charge is 0.449 e. The Balaban J connectivity index is 0.00000128. The summed E-state index contributed by atoms with van der Waals surface area (Å²) in [6.07, 6.45) is 0.0983. The van der Waals surface area contributed by atoms with Gasteiger partial charge in [0.05, 0.1) is 12.6 Å². The van der Waals surface area contributed by atoms with Gasteiger partial charge < -0.3 is 10.1 Å². The Bertz CT molecular complexity index is 400. The Hall–Kier alpha value is -1.000. The number of benzene rings is 1. The number of alkyl carbamates (subject to hydrolysis) is 1. The van der Waals surface area contributed by atoms with E-state index in [2.05, 4.69) is 5.32 Å². The topological polar surface area (TPSA) is 38.3 Å². The zero-order valence-electron chi connectivity index (χ0n) is 8.20. The van der Waals surface area contributed by atoms with E-state index in [4.69, 9.17) is 16.3 Å². The minimum Gasteiger partial charge on any atom is -0.449 e. The Labute approximate surface area is 103 Å². The summed E-state index contributed by atoms with van der Waals surface area (Å²) in [7, 11) is 0. The van der Waals surface area contributed by atoms with E-state index in [9.17, 15) is 9.18 Å². The van der Waals surface area contributed by atoms with Crippen LogP contribution in [0.25, 0.3) is 0 Å². The molecule has 1 saturated heterocycles. The molecule has 0 unspecified atom stereocenters. The smallest absolute Gasteiger partial charge is 0.407 e. The summed E-state index contributed by atoms with van der Waals surface area (Å²) >= 11 is 5.92. The van der Waals surface area contributed by atoms with Gasteiger partial charge >= 0.3 is 6.09 Å². The number of carbonyl (C=O) groups excluding carboxylic acids is 1. The third-order valence-corrected chi connectivity index (χ3v) is 2.61. The Morgan fingerprint density at radius 2 is 2.25 bits per heavy atom. The average Bonchev–Trinajstić information content (AvgIpc) is 2.22. The monoisotopic (exact) mass is 265 g/mol. The maximum absolute atomic E-state index is 13.0. The summed E-state index contributed by atoms with van der Waals surface area (Å²) in [5, 5.41) is 3.04. The van der Waals surface area contributed by atoms with E-state index in [-0.39, 0.29) is 24.3 Å². The maximum Gasteiger partial charge on any atom is 0.407 e. The van der Waals surface area contributed by atoms with Crippen LogP contribution in [0.15, 0.2) is 18.2 Å². The van der Waals surface area contributed by atoms with E-state index in [1.807, 2.05) is 0 Å². The lowest BCUT2D eigenvalue weighted by Gasteiger charge is -2.24. The van der Waals surface area contributed by atoms with Gasteiger partial charge in [-0.3, -0.25) is 0 Å². The molecule has 0 aliphatic carbocycles. The molecule has 1 heterocycles. The van der Waals surface area contributed by atoms with Gasteiger partial charge in [-0.05, 0) is 23.8 Å². The molecule has 0 saturated carbocycles. The van der Waals surface area contributed by atoms with Crippen LogP contribution < -0.4 is 5.32 Å². The predicted molar refractivity (Wildman–Crippen MR) is 60.5 cm³/mol.